The SMILES string of the molecule is Cc1noc(C)c1S(=O)(=O)N[C@@H](CNC(=O)CN1CCN(c2ccc(C#N)cc2)CC1=O)C(=O)O. The second kappa shape index (κ2) is 10.5. The van der Waals surface area contributed by atoms with Gasteiger partial charge in [0.1, 0.15) is 16.6 Å². The van der Waals surface area contributed by atoms with Gasteiger partial charge in [-0.3, -0.25) is 14.4 Å². The van der Waals surface area contributed by atoms with E-state index in [9.17, 15) is 27.9 Å². The van der Waals surface area contributed by atoms with Gasteiger partial charge in [0.15, 0.2) is 5.76 Å². The van der Waals surface area contributed by atoms with Crippen LogP contribution in [0.5, 0.6) is 0 Å². The number of nitriles is 1. The lowest BCUT2D eigenvalue weighted by atomic mass is 10.2. The Morgan fingerprint density at radius 3 is 2.49 bits per heavy atom. The number of carbonyl (C=O) groups excluding carboxylic acids is 2. The predicted molar refractivity (Wildman–Crippen MR) is 121 cm³/mol. The summed E-state index contributed by atoms with van der Waals surface area (Å²) >= 11 is 0. The molecule has 1 atom stereocenters. The number of carboxylic acids is 1. The zero-order valence-corrected chi connectivity index (χ0v) is 19.8. The van der Waals surface area contributed by atoms with Crippen molar-refractivity contribution in [2.45, 2.75) is 24.8 Å². The number of anilines is 1. The summed E-state index contributed by atoms with van der Waals surface area (Å²) in [5.41, 5.74) is 1.35. The number of carboxylic acid groups (broad SMARTS) is 1. The van der Waals surface area contributed by atoms with Gasteiger partial charge < -0.3 is 24.7 Å². The molecule has 35 heavy (non-hydrogen) atoms. The molecule has 1 aromatic heterocycles. The number of sulfonamides is 1. The molecule has 13 nitrogen and oxygen atoms in total. The van der Waals surface area contributed by atoms with Crippen LogP contribution in [0, 0.1) is 25.2 Å². The summed E-state index contributed by atoms with van der Waals surface area (Å²) in [6, 6.07) is 7.16. The van der Waals surface area contributed by atoms with Crippen LogP contribution in [-0.4, -0.2) is 80.1 Å². The first-order chi connectivity index (χ1) is 16.5. The van der Waals surface area contributed by atoms with Crippen LogP contribution >= 0.6 is 0 Å². The quantitative estimate of drug-likeness (QED) is 0.396. The molecule has 1 saturated heterocycles. The minimum absolute atomic E-state index is 0.00170. The number of hydrogen-bond acceptors (Lipinski definition) is 9. The summed E-state index contributed by atoms with van der Waals surface area (Å²) in [4.78, 5) is 39.3. The van der Waals surface area contributed by atoms with Crippen LogP contribution in [0.3, 0.4) is 0 Å². The van der Waals surface area contributed by atoms with E-state index in [1.54, 1.807) is 24.3 Å². The van der Waals surface area contributed by atoms with Crippen LogP contribution < -0.4 is 14.9 Å². The summed E-state index contributed by atoms with van der Waals surface area (Å²) in [6.07, 6.45) is 0. The number of aryl methyl sites for hydroxylation is 2. The molecule has 14 heteroatoms. The van der Waals surface area contributed by atoms with Crippen molar-refractivity contribution in [2.75, 3.05) is 37.6 Å². The van der Waals surface area contributed by atoms with Crippen molar-refractivity contribution in [1.82, 2.24) is 20.1 Å². The van der Waals surface area contributed by atoms with Gasteiger partial charge in [0, 0.05) is 25.3 Å². The average molecular weight is 505 g/mol. The number of rotatable bonds is 9. The molecule has 2 heterocycles. The summed E-state index contributed by atoms with van der Waals surface area (Å²) < 4.78 is 32.0. The topological polar surface area (TPSA) is 186 Å². The highest BCUT2D eigenvalue weighted by Gasteiger charge is 2.31. The average Bonchev–Trinajstić information content (AvgIpc) is 3.16. The Kier molecular flexibility index (Phi) is 7.72. The minimum atomic E-state index is -4.27. The molecule has 2 amide bonds. The molecule has 0 aliphatic carbocycles. The third kappa shape index (κ3) is 6.14. The van der Waals surface area contributed by atoms with E-state index < -0.39 is 34.5 Å². The molecule has 0 radical (unpaired) electrons. The second-order valence-corrected chi connectivity index (χ2v) is 9.52. The normalized spacial score (nSPS) is 14.9. The van der Waals surface area contributed by atoms with Crippen molar-refractivity contribution in [3.05, 3.63) is 41.3 Å². The van der Waals surface area contributed by atoms with Gasteiger partial charge in [0.05, 0.1) is 24.7 Å². The van der Waals surface area contributed by atoms with Crippen LogP contribution in [-0.2, 0) is 24.4 Å². The number of carbonyl (C=O) groups is 3. The molecule has 1 fully saturated rings. The van der Waals surface area contributed by atoms with E-state index >= 15 is 0 Å². The number of aliphatic carboxylic acids is 1. The maximum Gasteiger partial charge on any atom is 0.323 e. The molecule has 3 rings (SSSR count). The zero-order valence-electron chi connectivity index (χ0n) is 19.0. The van der Waals surface area contributed by atoms with Crippen molar-refractivity contribution in [3.8, 4) is 6.07 Å². The number of aromatic nitrogens is 1. The number of nitrogens with one attached hydrogen (secondary N) is 2. The Morgan fingerprint density at radius 2 is 1.94 bits per heavy atom. The maximum absolute atomic E-state index is 12.6. The lowest BCUT2D eigenvalue weighted by Crippen LogP contribution is -2.54. The van der Waals surface area contributed by atoms with Crippen LogP contribution in [0.1, 0.15) is 17.0 Å². The lowest BCUT2D eigenvalue weighted by Gasteiger charge is -2.35. The fourth-order valence-corrected chi connectivity index (χ4v) is 5.09. The van der Waals surface area contributed by atoms with Gasteiger partial charge in [-0.25, -0.2) is 8.42 Å². The number of amides is 2. The first kappa shape index (κ1) is 25.7. The Morgan fingerprint density at radius 1 is 1.26 bits per heavy atom. The van der Waals surface area contributed by atoms with Crippen molar-refractivity contribution in [3.63, 3.8) is 0 Å². The molecule has 0 unspecified atom stereocenters. The number of nitrogens with zero attached hydrogens (tertiary/aromatic N) is 4. The third-order valence-corrected chi connectivity index (χ3v) is 7.07. The van der Waals surface area contributed by atoms with Crippen LogP contribution in [0.2, 0.25) is 0 Å². The summed E-state index contributed by atoms with van der Waals surface area (Å²) in [6.45, 7) is 2.70. The number of hydrogen-bond donors (Lipinski definition) is 3. The smallest absolute Gasteiger partial charge is 0.323 e. The fourth-order valence-electron chi connectivity index (χ4n) is 3.57. The van der Waals surface area contributed by atoms with E-state index in [-0.39, 0.29) is 41.9 Å². The van der Waals surface area contributed by atoms with Crippen LogP contribution in [0.15, 0.2) is 33.7 Å². The lowest BCUT2D eigenvalue weighted by molar-refractivity contribution is -0.139. The fraction of sp³-hybridized carbons (Fsp3) is 0.381. The largest absolute Gasteiger partial charge is 0.480 e. The summed E-state index contributed by atoms with van der Waals surface area (Å²) in [5.74, 6) is -2.42. The van der Waals surface area contributed by atoms with Gasteiger partial charge in [-0.15, -0.1) is 0 Å². The predicted octanol–water partition coefficient (Wildman–Crippen LogP) is -0.640. The molecule has 0 saturated carbocycles. The van der Waals surface area contributed by atoms with Gasteiger partial charge in [-0.1, -0.05) is 5.16 Å². The number of piperazine rings is 1. The molecule has 1 aliphatic rings. The second-order valence-electron chi connectivity index (χ2n) is 7.87. The Balaban J connectivity index is 1.54. The van der Waals surface area contributed by atoms with E-state index in [1.807, 2.05) is 15.7 Å². The van der Waals surface area contributed by atoms with Crippen LogP contribution in [0.4, 0.5) is 5.69 Å². The van der Waals surface area contributed by atoms with Crippen molar-refractivity contribution in [1.29, 1.82) is 5.26 Å². The number of benzene rings is 1. The first-order valence-electron chi connectivity index (χ1n) is 10.5. The molecule has 186 valence electrons. The van der Waals surface area contributed by atoms with Gasteiger partial charge in [-0.2, -0.15) is 9.98 Å². The van der Waals surface area contributed by atoms with Gasteiger partial charge >= 0.3 is 5.97 Å². The van der Waals surface area contributed by atoms with Gasteiger partial charge in [0.2, 0.25) is 21.8 Å². The first-order valence-corrected chi connectivity index (χ1v) is 12.0. The highest BCUT2D eigenvalue weighted by atomic mass is 32.2. The molecule has 0 bridgehead atoms. The van der Waals surface area contributed by atoms with Gasteiger partial charge in [0.25, 0.3) is 0 Å². The molecule has 1 aromatic carbocycles. The standard InChI is InChI=1S/C21H24N6O7S/c1-13-20(14(2)34-24-13)35(32,33)25-17(21(30)31)10-23-18(28)11-27-8-7-26(12-19(27)29)16-5-3-15(9-22)4-6-16/h3-6,17,25H,7-8,10-12H2,1-2H3,(H,23,28)(H,30,31)/t17-/m0/s1. The molecule has 3 N–H and O–H groups in total. The van der Waals surface area contributed by atoms with Crippen molar-refractivity contribution >= 4 is 33.5 Å². The van der Waals surface area contributed by atoms with E-state index in [0.29, 0.717) is 12.1 Å². The monoisotopic (exact) mass is 504 g/mol. The molecule has 1 aliphatic heterocycles. The Hall–Kier alpha value is -3.96. The van der Waals surface area contributed by atoms with E-state index in [4.69, 9.17) is 9.78 Å². The van der Waals surface area contributed by atoms with E-state index in [1.165, 1.54) is 18.7 Å². The highest BCUT2D eigenvalue weighted by molar-refractivity contribution is 7.89. The van der Waals surface area contributed by atoms with Gasteiger partial charge in [-0.05, 0) is 38.1 Å². The molecule has 2 aromatic rings. The third-order valence-electron chi connectivity index (χ3n) is 5.35. The Bertz CT molecular complexity index is 1250. The van der Waals surface area contributed by atoms with Crippen molar-refractivity contribution in [2.24, 2.45) is 0 Å². The molecular weight excluding hydrogens is 480 g/mol. The summed E-state index contributed by atoms with van der Waals surface area (Å²) in [5, 5.41) is 24.2. The minimum Gasteiger partial charge on any atom is -0.480 e. The summed E-state index contributed by atoms with van der Waals surface area (Å²) in [7, 11) is -4.27. The zero-order chi connectivity index (χ0) is 25.8. The maximum atomic E-state index is 12.6. The van der Waals surface area contributed by atoms with E-state index in [0.717, 1.165) is 5.69 Å². The molecule has 0 spiro atoms. The highest BCUT2D eigenvalue weighted by Crippen LogP contribution is 2.19. The van der Waals surface area contributed by atoms with Crippen molar-refractivity contribution < 1.29 is 32.4 Å². The van der Waals surface area contributed by atoms with E-state index in [2.05, 4.69) is 10.5 Å². The van der Waals surface area contributed by atoms with Crippen LogP contribution in [0.25, 0.3) is 0 Å². The Labute approximate surface area is 201 Å². The molecular formula is C21H24N6O7S.